The lowest BCUT2D eigenvalue weighted by atomic mass is 9.71. The molecule has 8 heteroatoms. The first kappa shape index (κ1) is 20.1. The number of halogens is 1. The summed E-state index contributed by atoms with van der Waals surface area (Å²) in [4.78, 5) is 30.6. The van der Waals surface area contributed by atoms with Crippen LogP contribution in [0.1, 0.15) is 37.7 Å². The van der Waals surface area contributed by atoms with E-state index in [1.165, 1.54) is 0 Å². The third-order valence-electron chi connectivity index (χ3n) is 5.45. The maximum absolute atomic E-state index is 13.0. The van der Waals surface area contributed by atoms with Crippen molar-refractivity contribution in [1.82, 2.24) is 0 Å². The van der Waals surface area contributed by atoms with E-state index >= 15 is 0 Å². The van der Waals surface area contributed by atoms with E-state index in [0.29, 0.717) is 35.8 Å². The van der Waals surface area contributed by atoms with E-state index in [1.807, 2.05) is 19.1 Å². The Kier molecular flexibility index (Phi) is 5.74. The molecular formula is C21H22BrNO6. The molecule has 1 aromatic carbocycles. The van der Waals surface area contributed by atoms with Gasteiger partial charge >= 0.3 is 5.97 Å². The third-order valence-corrected chi connectivity index (χ3v) is 6.13. The molecule has 2 heterocycles. The van der Waals surface area contributed by atoms with Gasteiger partial charge in [0.2, 0.25) is 6.79 Å². The third kappa shape index (κ3) is 3.71. The minimum atomic E-state index is -0.690. The Morgan fingerprint density at radius 1 is 1.24 bits per heavy atom. The lowest BCUT2D eigenvalue weighted by Crippen LogP contribution is -2.37. The van der Waals surface area contributed by atoms with Crippen molar-refractivity contribution < 1.29 is 28.5 Å². The fourth-order valence-electron chi connectivity index (χ4n) is 4.13. The van der Waals surface area contributed by atoms with Gasteiger partial charge in [0.1, 0.15) is 12.5 Å². The first-order valence-electron chi connectivity index (χ1n) is 9.57. The van der Waals surface area contributed by atoms with Gasteiger partial charge < -0.3 is 18.9 Å². The first-order valence-corrected chi connectivity index (χ1v) is 10.4. The number of carbonyl (C=O) groups is 2. The second-order valence-corrected chi connectivity index (χ2v) is 8.09. The van der Waals surface area contributed by atoms with E-state index in [4.69, 9.17) is 18.9 Å². The number of rotatable bonds is 5. The van der Waals surface area contributed by atoms with Crippen molar-refractivity contribution in [2.75, 3.05) is 27.1 Å². The molecule has 0 bridgehead atoms. The van der Waals surface area contributed by atoms with Gasteiger partial charge in [-0.3, -0.25) is 14.6 Å². The number of carbonyl (C=O) groups excluding carboxylic acids is 2. The zero-order valence-corrected chi connectivity index (χ0v) is 17.9. The van der Waals surface area contributed by atoms with Crippen LogP contribution in [0.4, 0.5) is 0 Å². The van der Waals surface area contributed by atoms with Crippen molar-refractivity contribution in [2.24, 2.45) is 10.9 Å². The molecule has 154 valence electrons. The molecule has 1 unspecified atom stereocenters. The highest BCUT2D eigenvalue weighted by Gasteiger charge is 2.44. The van der Waals surface area contributed by atoms with Crippen LogP contribution in [0.15, 0.2) is 32.9 Å². The highest BCUT2D eigenvalue weighted by molar-refractivity contribution is 9.10. The summed E-state index contributed by atoms with van der Waals surface area (Å²) in [7, 11) is 1.55. The van der Waals surface area contributed by atoms with Gasteiger partial charge in [-0.25, -0.2) is 0 Å². The normalized spacial score (nSPS) is 23.0. The molecule has 2 atom stereocenters. The van der Waals surface area contributed by atoms with Crippen molar-refractivity contribution in [2.45, 2.75) is 32.1 Å². The van der Waals surface area contributed by atoms with E-state index in [1.54, 1.807) is 7.11 Å². The van der Waals surface area contributed by atoms with Crippen LogP contribution in [0.2, 0.25) is 0 Å². The van der Waals surface area contributed by atoms with Crippen molar-refractivity contribution in [3.63, 3.8) is 0 Å². The number of allylic oxidation sites excluding steroid dienone is 2. The SMILES string of the molecule is COCCOC(=O)C1C(C)=NC2=C(C(=O)CCC2)[C@@H]1c1cc2c(cc1Br)OCO2. The second-order valence-electron chi connectivity index (χ2n) is 7.23. The topological polar surface area (TPSA) is 83.4 Å². The number of methoxy groups -OCH3 is 1. The maximum Gasteiger partial charge on any atom is 0.315 e. The number of hydrogen-bond acceptors (Lipinski definition) is 7. The van der Waals surface area contributed by atoms with Gasteiger partial charge in [-0.2, -0.15) is 0 Å². The van der Waals surface area contributed by atoms with Crippen LogP contribution in [-0.2, 0) is 19.1 Å². The molecule has 0 fully saturated rings. The van der Waals surface area contributed by atoms with Gasteiger partial charge in [-0.1, -0.05) is 15.9 Å². The lowest BCUT2D eigenvalue weighted by molar-refractivity contribution is -0.147. The predicted molar refractivity (Wildman–Crippen MR) is 108 cm³/mol. The Morgan fingerprint density at radius 3 is 2.76 bits per heavy atom. The number of nitrogens with zero attached hydrogens (tertiary/aromatic N) is 1. The molecule has 7 nitrogen and oxygen atoms in total. The van der Waals surface area contributed by atoms with Crippen LogP contribution in [0.25, 0.3) is 0 Å². The van der Waals surface area contributed by atoms with Crippen LogP contribution in [0.3, 0.4) is 0 Å². The molecule has 0 radical (unpaired) electrons. The minimum absolute atomic E-state index is 0.0340. The number of ketones is 1. The monoisotopic (exact) mass is 463 g/mol. The molecule has 1 aliphatic carbocycles. The largest absolute Gasteiger partial charge is 0.463 e. The average Bonchev–Trinajstić information content (AvgIpc) is 3.13. The van der Waals surface area contributed by atoms with Gasteiger partial charge in [-0.15, -0.1) is 0 Å². The fraction of sp³-hybridized carbons (Fsp3) is 0.476. The Morgan fingerprint density at radius 2 is 2.00 bits per heavy atom. The summed E-state index contributed by atoms with van der Waals surface area (Å²) in [6, 6.07) is 3.66. The molecule has 0 saturated heterocycles. The highest BCUT2D eigenvalue weighted by atomic mass is 79.9. The van der Waals surface area contributed by atoms with E-state index in [-0.39, 0.29) is 19.2 Å². The summed E-state index contributed by atoms with van der Waals surface area (Å²) in [5.74, 6) is -0.335. The molecule has 1 aromatic rings. The molecule has 0 aromatic heterocycles. The molecule has 0 spiro atoms. The number of hydrogen-bond donors (Lipinski definition) is 0. The number of Topliss-reactive ketones (excluding diaryl/α,β-unsaturated/α-hetero) is 1. The molecule has 0 amide bonds. The van der Waals surface area contributed by atoms with Gasteiger partial charge in [0, 0.05) is 40.9 Å². The summed E-state index contributed by atoms with van der Waals surface area (Å²) < 4.78 is 22.2. The predicted octanol–water partition coefficient (Wildman–Crippen LogP) is 3.55. The standard InChI is InChI=1S/C21H22BrNO6/c1-11-18(21(25)27-7-6-26-2)19(20-14(23-11)4-3-5-15(20)24)12-8-16-17(9-13(12)22)29-10-28-16/h8-9,18-19H,3-7,10H2,1-2H3/t18?,19-/m1/s1. The summed E-state index contributed by atoms with van der Waals surface area (Å²) in [5.41, 5.74) is 2.82. The van der Waals surface area contributed by atoms with Gasteiger partial charge in [0.25, 0.3) is 0 Å². The zero-order valence-electron chi connectivity index (χ0n) is 16.3. The summed E-state index contributed by atoms with van der Waals surface area (Å²) in [5, 5.41) is 0. The van der Waals surface area contributed by atoms with E-state index in [0.717, 1.165) is 28.6 Å². The van der Waals surface area contributed by atoms with Crippen LogP contribution in [-0.4, -0.2) is 44.6 Å². The lowest BCUT2D eigenvalue weighted by Gasteiger charge is -2.35. The molecule has 0 saturated carbocycles. The van der Waals surface area contributed by atoms with E-state index in [2.05, 4.69) is 20.9 Å². The van der Waals surface area contributed by atoms with Crippen LogP contribution in [0.5, 0.6) is 11.5 Å². The maximum atomic E-state index is 13.0. The summed E-state index contributed by atoms with van der Waals surface area (Å²) in [6.07, 6.45) is 1.95. The van der Waals surface area contributed by atoms with Crippen molar-refractivity contribution in [1.29, 1.82) is 0 Å². The minimum Gasteiger partial charge on any atom is -0.463 e. The molecular weight excluding hydrogens is 442 g/mol. The number of fused-ring (bicyclic) bond motifs is 1. The second kappa shape index (κ2) is 8.28. The van der Waals surface area contributed by atoms with Crippen LogP contribution < -0.4 is 9.47 Å². The highest BCUT2D eigenvalue weighted by Crippen LogP contribution is 2.48. The smallest absolute Gasteiger partial charge is 0.315 e. The summed E-state index contributed by atoms with van der Waals surface area (Å²) >= 11 is 3.60. The zero-order chi connectivity index (χ0) is 20.5. The molecule has 29 heavy (non-hydrogen) atoms. The molecule has 0 N–H and O–H groups in total. The van der Waals surface area contributed by atoms with E-state index < -0.39 is 17.8 Å². The molecule has 2 aliphatic heterocycles. The van der Waals surface area contributed by atoms with Crippen molar-refractivity contribution >= 4 is 33.4 Å². The molecule has 3 aliphatic rings. The number of aliphatic imine (C=N–C) groups is 1. The van der Waals surface area contributed by atoms with E-state index in [9.17, 15) is 9.59 Å². The van der Waals surface area contributed by atoms with Crippen LogP contribution >= 0.6 is 15.9 Å². The van der Waals surface area contributed by atoms with Crippen LogP contribution in [0, 0.1) is 5.92 Å². The Labute approximate surface area is 177 Å². The first-order chi connectivity index (χ1) is 14.0. The summed E-state index contributed by atoms with van der Waals surface area (Å²) in [6.45, 7) is 2.42. The van der Waals surface area contributed by atoms with Crippen molar-refractivity contribution in [3.05, 3.63) is 33.4 Å². The van der Waals surface area contributed by atoms with Crippen molar-refractivity contribution in [3.8, 4) is 11.5 Å². The molecule has 4 rings (SSSR count). The van der Waals surface area contributed by atoms with Gasteiger partial charge in [-0.05, 0) is 37.5 Å². The number of ether oxygens (including phenoxy) is 4. The fourth-order valence-corrected chi connectivity index (χ4v) is 4.70. The Balaban J connectivity index is 1.81. The van der Waals surface area contributed by atoms with Gasteiger partial charge in [0.15, 0.2) is 17.3 Å². The quantitative estimate of drug-likeness (QED) is 0.490. The number of benzene rings is 1. The Bertz CT molecular complexity index is 922. The average molecular weight is 464 g/mol. The van der Waals surface area contributed by atoms with Gasteiger partial charge in [0.05, 0.1) is 6.61 Å². The number of esters is 1. The Hall–Kier alpha value is -2.19.